The highest BCUT2D eigenvalue weighted by Crippen LogP contribution is 2.23. The minimum atomic E-state index is -3.63. The van der Waals surface area contributed by atoms with E-state index in [9.17, 15) is 13.2 Å². The van der Waals surface area contributed by atoms with Crippen molar-refractivity contribution in [3.05, 3.63) is 54.1 Å². The highest BCUT2D eigenvalue weighted by Gasteiger charge is 2.21. The minimum absolute atomic E-state index is 0.321. The summed E-state index contributed by atoms with van der Waals surface area (Å²) in [6.07, 6.45) is 1.07. The zero-order chi connectivity index (χ0) is 19.3. The average molecular weight is 376 g/mol. The molecule has 0 saturated carbocycles. The Labute approximate surface area is 154 Å². The highest BCUT2D eigenvalue weighted by atomic mass is 32.2. The number of amides is 1. The van der Waals surface area contributed by atoms with Crippen LogP contribution in [-0.4, -0.2) is 34.2 Å². The molecule has 26 heavy (non-hydrogen) atoms. The second kappa shape index (κ2) is 8.23. The van der Waals surface area contributed by atoms with Gasteiger partial charge in [-0.05, 0) is 35.7 Å². The van der Waals surface area contributed by atoms with E-state index in [0.29, 0.717) is 23.0 Å². The Bertz CT molecular complexity index is 861. The Kier molecular flexibility index (Phi) is 6.26. The maximum atomic E-state index is 12.4. The molecular weight excluding hydrogens is 352 g/mol. The van der Waals surface area contributed by atoms with Gasteiger partial charge in [0.2, 0.25) is 15.9 Å². The molecule has 7 heteroatoms. The topological polar surface area (TPSA) is 75.7 Å². The first-order valence-electron chi connectivity index (χ1n) is 8.22. The molecule has 0 aliphatic carbocycles. The van der Waals surface area contributed by atoms with E-state index in [-0.39, 0.29) is 6.54 Å². The van der Waals surface area contributed by atoms with Gasteiger partial charge in [0.1, 0.15) is 12.3 Å². The average Bonchev–Trinajstić information content (AvgIpc) is 2.59. The number of methoxy groups -OCH3 is 1. The number of hydrogen-bond donors (Lipinski definition) is 1. The molecule has 0 aliphatic heterocycles. The van der Waals surface area contributed by atoms with Crippen LogP contribution in [0.5, 0.6) is 5.75 Å². The summed E-state index contributed by atoms with van der Waals surface area (Å²) in [6.45, 7) is 3.86. The van der Waals surface area contributed by atoms with Crippen molar-refractivity contribution in [1.29, 1.82) is 0 Å². The van der Waals surface area contributed by atoms with Gasteiger partial charge in [-0.2, -0.15) is 0 Å². The van der Waals surface area contributed by atoms with E-state index in [1.165, 1.54) is 7.11 Å². The molecule has 0 fully saturated rings. The second-order valence-corrected chi connectivity index (χ2v) is 8.20. The molecule has 1 N–H and O–H groups in total. The normalized spacial score (nSPS) is 11.3. The SMILES string of the molecule is COc1cccc(N(CC(=O)Nc2ccc(C(C)C)cc2)S(C)(=O)=O)c1. The Morgan fingerprint density at radius 3 is 2.35 bits per heavy atom. The zero-order valence-electron chi connectivity index (χ0n) is 15.4. The van der Waals surface area contributed by atoms with Crippen molar-refractivity contribution in [2.75, 3.05) is 29.5 Å². The first-order chi connectivity index (χ1) is 12.2. The predicted molar refractivity (Wildman–Crippen MR) is 104 cm³/mol. The van der Waals surface area contributed by atoms with Crippen LogP contribution >= 0.6 is 0 Å². The molecule has 0 atom stereocenters. The smallest absolute Gasteiger partial charge is 0.245 e. The fourth-order valence-electron chi connectivity index (χ4n) is 2.45. The number of hydrogen-bond acceptors (Lipinski definition) is 4. The van der Waals surface area contributed by atoms with Crippen molar-refractivity contribution in [1.82, 2.24) is 0 Å². The molecule has 140 valence electrons. The highest BCUT2D eigenvalue weighted by molar-refractivity contribution is 7.92. The maximum absolute atomic E-state index is 12.4. The van der Waals surface area contributed by atoms with Crippen LogP contribution < -0.4 is 14.4 Å². The molecule has 6 nitrogen and oxygen atoms in total. The molecule has 0 unspecified atom stereocenters. The lowest BCUT2D eigenvalue weighted by Crippen LogP contribution is -2.37. The molecule has 0 aromatic heterocycles. The van der Waals surface area contributed by atoms with E-state index in [0.717, 1.165) is 16.1 Å². The van der Waals surface area contributed by atoms with E-state index in [2.05, 4.69) is 19.2 Å². The van der Waals surface area contributed by atoms with E-state index < -0.39 is 15.9 Å². The molecule has 0 heterocycles. The number of rotatable bonds is 7. The summed E-state index contributed by atoms with van der Waals surface area (Å²) in [7, 11) is -2.13. The van der Waals surface area contributed by atoms with Gasteiger partial charge in [0.25, 0.3) is 0 Å². The van der Waals surface area contributed by atoms with Crippen LogP contribution in [0.15, 0.2) is 48.5 Å². The number of ether oxygens (including phenoxy) is 1. The third-order valence-corrected chi connectivity index (χ3v) is 5.03. The minimum Gasteiger partial charge on any atom is -0.497 e. The van der Waals surface area contributed by atoms with Crippen LogP contribution in [0.4, 0.5) is 11.4 Å². The monoisotopic (exact) mass is 376 g/mol. The number of benzene rings is 2. The van der Waals surface area contributed by atoms with Crippen LogP contribution in [0.3, 0.4) is 0 Å². The van der Waals surface area contributed by atoms with Gasteiger partial charge < -0.3 is 10.1 Å². The van der Waals surface area contributed by atoms with Crippen molar-refractivity contribution in [3.8, 4) is 5.75 Å². The van der Waals surface area contributed by atoms with Gasteiger partial charge in [-0.15, -0.1) is 0 Å². The van der Waals surface area contributed by atoms with Crippen molar-refractivity contribution >= 4 is 27.3 Å². The van der Waals surface area contributed by atoms with E-state index in [4.69, 9.17) is 4.74 Å². The Hall–Kier alpha value is -2.54. The van der Waals surface area contributed by atoms with Crippen molar-refractivity contribution in [2.45, 2.75) is 19.8 Å². The number of carbonyl (C=O) groups excluding carboxylic acids is 1. The van der Waals surface area contributed by atoms with Crippen molar-refractivity contribution in [3.63, 3.8) is 0 Å². The maximum Gasteiger partial charge on any atom is 0.245 e. The van der Waals surface area contributed by atoms with E-state index >= 15 is 0 Å². The lowest BCUT2D eigenvalue weighted by molar-refractivity contribution is -0.114. The summed E-state index contributed by atoms with van der Waals surface area (Å²) in [5.41, 5.74) is 2.16. The van der Waals surface area contributed by atoms with Crippen LogP contribution in [0, 0.1) is 0 Å². The number of carbonyl (C=O) groups is 1. The summed E-state index contributed by atoms with van der Waals surface area (Å²) < 4.78 is 30.5. The lowest BCUT2D eigenvalue weighted by Gasteiger charge is -2.22. The first-order valence-corrected chi connectivity index (χ1v) is 10.1. The van der Waals surface area contributed by atoms with Crippen LogP contribution in [0.2, 0.25) is 0 Å². The lowest BCUT2D eigenvalue weighted by atomic mass is 10.0. The first kappa shape index (κ1) is 19.8. The summed E-state index contributed by atoms with van der Waals surface area (Å²) in [6, 6.07) is 14.1. The van der Waals surface area contributed by atoms with Crippen LogP contribution in [0.25, 0.3) is 0 Å². The molecule has 2 rings (SSSR count). The third-order valence-electron chi connectivity index (χ3n) is 3.89. The molecule has 0 aliphatic rings. The van der Waals surface area contributed by atoms with Crippen molar-refractivity contribution in [2.24, 2.45) is 0 Å². The van der Waals surface area contributed by atoms with E-state index in [1.54, 1.807) is 24.3 Å². The quantitative estimate of drug-likeness (QED) is 0.805. The molecule has 1 amide bonds. The zero-order valence-corrected chi connectivity index (χ0v) is 16.2. The molecule has 0 radical (unpaired) electrons. The fraction of sp³-hybridized carbons (Fsp3) is 0.316. The third kappa shape index (κ3) is 5.23. The van der Waals surface area contributed by atoms with Gasteiger partial charge in [0, 0.05) is 11.8 Å². The second-order valence-electron chi connectivity index (χ2n) is 6.30. The van der Waals surface area contributed by atoms with Crippen LogP contribution in [0.1, 0.15) is 25.3 Å². The molecular formula is C19H24N2O4S. The van der Waals surface area contributed by atoms with Gasteiger partial charge in [0.05, 0.1) is 19.1 Å². The molecule has 2 aromatic rings. The number of nitrogens with one attached hydrogen (secondary N) is 1. The fourth-order valence-corrected chi connectivity index (χ4v) is 3.30. The Balaban J connectivity index is 2.16. The van der Waals surface area contributed by atoms with Crippen molar-refractivity contribution < 1.29 is 17.9 Å². The number of nitrogens with zero attached hydrogens (tertiary/aromatic N) is 1. The standard InChI is InChI=1S/C19H24N2O4S/c1-14(2)15-8-10-16(11-9-15)20-19(22)13-21(26(4,23)24)17-6-5-7-18(12-17)25-3/h5-12,14H,13H2,1-4H3,(H,20,22). The number of sulfonamides is 1. The predicted octanol–water partition coefficient (Wildman–Crippen LogP) is 3.22. The van der Waals surface area contributed by atoms with Gasteiger partial charge in [0.15, 0.2) is 0 Å². The summed E-state index contributed by atoms with van der Waals surface area (Å²) in [5.74, 6) is 0.491. The molecule has 0 bridgehead atoms. The number of anilines is 2. The van der Waals surface area contributed by atoms with Crippen LogP contribution in [-0.2, 0) is 14.8 Å². The van der Waals surface area contributed by atoms with E-state index in [1.807, 2.05) is 24.3 Å². The van der Waals surface area contributed by atoms with Gasteiger partial charge >= 0.3 is 0 Å². The Morgan fingerprint density at radius 1 is 1.15 bits per heavy atom. The molecule has 2 aromatic carbocycles. The molecule has 0 saturated heterocycles. The summed E-state index contributed by atoms with van der Waals surface area (Å²) in [5, 5.41) is 2.73. The van der Waals surface area contributed by atoms with Gasteiger partial charge in [-0.25, -0.2) is 8.42 Å². The Morgan fingerprint density at radius 2 is 1.81 bits per heavy atom. The molecule has 0 spiro atoms. The summed E-state index contributed by atoms with van der Waals surface area (Å²) in [4.78, 5) is 12.4. The van der Waals surface area contributed by atoms with Gasteiger partial charge in [-0.3, -0.25) is 9.10 Å². The largest absolute Gasteiger partial charge is 0.497 e. The van der Waals surface area contributed by atoms with Gasteiger partial charge in [-0.1, -0.05) is 32.0 Å². The summed E-state index contributed by atoms with van der Waals surface area (Å²) >= 11 is 0.